The number of anilines is 1. The summed E-state index contributed by atoms with van der Waals surface area (Å²) in [6.07, 6.45) is 5.99. The highest BCUT2D eigenvalue weighted by atomic mass is 35.5. The SMILES string of the molecule is O=C(Nc1c2c(cc3c1CCC3)CCC2)NS1(=O)=NC(=O)c2nc(Cl)ccc21. The first kappa shape index (κ1) is 17.6. The van der Waals surface area contributed by atoms with Gasteiger partial charge in [-0.15, -0.1) is 4.36 Å². The summed E-state index contributed by atoms with van der Waals surface area (Å²) >= 11 is 5.81. The van der Waals surface area contributed by atoms with Gasteiger partial charge in [-0.3, -0.25) is 4.79 Å². The van der Waals surface area contributed by atoms with E-state index >= 15 is 0 Å². The molecule has 1 aromatic heterocycles. The highest BCUT2D eigenvalue weighted by Gasteiger charge is 2.33. The smallest absolute Gasteiger partial charge is 0.307 e. The van der Waals surface area contributed by atoms with Crippen molar-refractivity contribution in [1.82, 2.24) is 9.71 Å². The Morgan fingerprint density at radius 1 is 1.07 bits per heavy atom. The van der Waals surface area contributed by atoms with Crippen LogP contribution in [0.15, 0.2) is 27.5 Å². The number of carbonyl (C=O) groups excluding carboxylic acids is 2. The number of carbonyl (C=O) groups is 2. The summed E-state index contributed by atoms with van der Waals surface area (Å²) in [5, 5.41) is 3.01. The molecule has 1 atom stereocenters. The van der Waals surface area contributed by atoms with Gasteiger partial charge in [0.05, 0.1) is 4.90 Å². The van der Waals surface area contributed by atoms with Gasteiger partial charge in [-0.1, -0.05) is 17.7 Å². The van der Waals surface area contributed by atoms with E-state index in [-0.39, 0.29) is 15.7 Å². The standard InChI is InChI=1S/C19H17ClN4O3S/c20-15-8-7-14-17(21-15)18(25)23-28(14,27)24-19(26)22-16-12-5-1-3-10(12)9-11-4-2-6-13(11)16/h7-9H,1-6H2,(H2,22,23,24,25,26,27). The predicted octanol–water partition coefficient (Wildman–Crippen LogP) is 3.43. The average Bonchev–Trinajstić information content (AvgIpc) is 3.34. The maximum atomic E-state index is 13.2. The highest BCUT2D eigenvalue weighted by molar-refractivity contribution is 7.93. The molecule has 3 amide bonds. The molecule has 5 rings (SSSR count). The van der Waals surface area contributed by atoms with Crippen molar-refractivity contribution >= 4 is 39.1 Å². The van der Waals surface area contributed by atoms with E-state index in [1.54, 1.807) is 0 Å². The lowest BCUT2D eigenvalue weighted by atomic mass is 9.99. The minimum Gasteiger partial charge on any atom is -0.307 e. The Morgan fingerprint density at radius 3 is 2.43 bits per heavy atom. The van der Waals surface area contributed by atoms with Crippen LogP contribution in [0.5, 0.6) is 0 Å². The third-order valence-electron chi connectivity index (χ3n) is 5.48. The van der Waals surface area contributed by atoms with Gasteiger partial charge >= 0.3 is 11.9 Å². The molecule has 3 aliphatic rings. The molecule has 7 nitrogen and oxygen atoms in total. The Labute approximate surface area is 167 Å². The Kier molecular flexibility index (Phi) is 3.96. The van der Waals surface area contributed by atoms with Crippen molar-refractivity contribution in [3.05, 3.63) is 51.3 Å². The largest absolute Gasteiger partial charge is 0.331 e. The zero-order chi connectivity index (χ0) is 19.5. The van der Waals surface area contributed by atoms with Gasteiger partial charge in [-0.2, -0.15) is 0 Å². The van der Waals surface area contributed by atoms with Gasteiger partial charge in [0, 0.05) is 5.69 Å². The van der Waals surface area contributed by atoms with E-state index in [1.165, 1.54) is 34.4 Å². The lowest BCUT2D eigenvalue weighted by molar-refractivity contribution is 0.100. The molecule has 0 saturated carbocycles. The van der Waals surface area contributed by atoms with E-state index in [2.05, 4.69) is 25.5 Å². The molecule has 28 heavy (non-hydrogen) atoms. The lowest BCUT2D eigenvalue weighted by Crippen LogP contribution is -2.34. The number of amides is 3. The lowest BCUT2D eigenvalue weighted by Gasteiger charge is -2.17. The van der Waals surface area contributed by atoms with Crippen LogP contribution < -0.4 is 10.0 Å². The van der Waals surface area contributed by atoms with Gasteiger partial charge in [0.15, 0.2) is 15.6 Å². The van der Waals surface area contributed by atoms with Crippen LogP contribution >= 0.6 is 11.6 Å². The van der Waals surface area contributed by atoms with Crippen molar-refractivity contribution in [3.63, 3.8) is 0 Å². The molecular weight excluding hydrogens is 400 g/mol. The van der Waals surface area contributed by atoms with E-state index in [1.807, 2.05) is 0 Å². The maximum absolute atomic E-state index is 13.2. The number of benzene rings is 1. The van der Waals surface area contributed by atoms with Gasteiger partial charge in [0.1, 0.15) is 5.15 Å². The Hall–Kier alpha value is -2.45. The maximum Gasteiger partial charge on any atom is 0.331 e. The minimum atomic E-state index is -3.43. The van der Waals surface area contributed by atoms with Crippen LogP contribution in [-0.2, 0) is 35.6 Å². The number of hydrogen-bond acceptors (Lipinski definition) is 4. The molecule has 0 radical (unpaired) electrons. The Bertz CT molecular complexity index is 1150. The third-order valence-corrected chi connectivity index (χ3v) is 7.50. The monoisotopic (exact) mass is 416 g/mol. The number of hydrogen-bond donors (Lipinski definition) is 2. The van der Waals surface area contributed by atoms with Crippen LogP contribution in [0.3, 0.4) is 0 Å². The van der Waals surface area contributed by atoms with E-state index in [0.29, 0.717) is 0 Å². The average molecular weight is 417 g/mol. The Morgan fingerprint density at radius 2 is 1.75 bits per heavy atom. The van der Waals surface area contributed by atoms with Crippen molar-refractivity contribution in [2.24, 2.45) is 4.36 Å². The topological polar surface area (TPSA) is 101 Å². The van der Waals surface area contributed by atoms with Crippen molar-refractivity contribution in [3.8, 4) is 0 Å². The molecule has 0 saturated heterocycles. The van der Waals surface area contributed by atoms with Crippen LogP contribution in [-0.4, -0.2) is 21.1 Å². The molecule has 0 bridgehead atoms. The summed E-state index contributed by atoms with van der Waals surface area (Å²) in [6, 6.07) is 4.47. The normalized spacial score (nSPS) is 21.7. The van der Waals surface area contributed by atoms with Crippen LogP contribution in [0.1, 0.15) is 45.6 Å². The molecule has 2 aromatic rings. The van der Waals surface area contributed by atoms with Gasteiger partial charge < -0.3 is 5.32 Å². The zero-order valence-electron chi connectivity index (χ0n) is 14.9. The van der Waals surface area contributed by atoms with Crippen molar-refractivity contribution in [1.29, 1.82) is 0 Å². The number of aromatic nitrogens is 1. The Balaban J connectivity index is 1.47. The number of nitrogens with zero attached hydrogens (tertiary/aromatic N) is 2. The van der Waals surface area contributed by atoms with Gasteiger partial charge in [-0.05, 0) is 72.9 Å². The summed E-state index contributed by atoms with van der Waals surface area (Å²) < 4.78 is 19.2. The van der Waals surface area contributed by atoms with E-state index in [9.17, 15) is 13.8 Å². The van der Waals surface area contributed by atoms with E-state index in [0.717, 1.165) is 44.2 Å². The molecule has 144 valence electrons. The summed E-state index contributed by atoms with van der Waals surface area (Å²) in [5.41, 5.74) is 5.65. The van der Waals surface area contributed by atoms with Gasteiger partial charge in [-0.25, -0.2) is 18.7 Å². The number of urea groups is 1. The molecule has 2 N–H and O–H groups in total. The summed E-state index contributed by atoms with van der Waals surface area (Å²) in [7, 11) is -3.43. The van der Waals surface area contributed by atoms with Crippen molar-refractivity contribution in [2.45, 2.75) is 43.4 Å². The molecule has 1 aliphatic heterocycles. The van der Waals surface area contributed by atoms with Crippen LogP contribution in [0, 0.1) is 0 Å². The van der Waals surface area contributed by atoms with Crippen LogP contribution in [0.2, 0.25) is 5.15 Å². The first-order chi connectivity index (χ1) is 13.4. The van der Waals surface area contributed by atoms with E-state index < -0.39 is 21.9 Å². The second-order valence-corrected chi connectivity index (χ2v) is 9.46. The van der Waals surface area contributed by atoms with Gasteiger partial charge in [0.2, 0.25) is 0 Å². The first-order valence-corrected chi connectivity index (χ1v) is 11.1. The number of nitrogens with one attached hydrogen (secondary N) is 2. The minimum absolute atomic E-state index is 0.0839. The number of rotatable bonds is 2. The highest BCUT2D eigenvalue weighted by Crippen LogP contribution is 2.38. The second-order valence-electron chi connectivity index (χ2n) is 7.19. The quantitative estimate of drug-likeness (QED) is 0.732. The summed E-state index contributed by atoms with van der Waals surface area (Å²) in [5.74, 6) is -0.746. The fraction of sp³-hybridized carbons (Fsp3) is 0.316. The number of pyridine rings is 1. The van der Waals surface area contributed by atoms with Crippen LogP contribution in [0.4, 0.5) is 10.5 Å². The molecule has 2 heterocycles. The van der Waals surface area contributed by atoms with E-state index in [4.69, 9.17) is 11.6 Å². The third kappa shape index (κ3) is 2.70. The first-order valence-electron chi connectivity index (χ1n) is 9.18. The molecule has 1 aromatic carbocycles. The summed E-state index contributed by atoms with van der Waals surface area (Å²) in [6.45, 7) is 0. The molecule has 0 spiro atoms. The molecule has 1 unspecified atom stereocenters. The number of fused-ring (bicyclic) bond motifs is 3. The fourth-order valence-electron chi connectivity index (χ4n) is 4.32. The zero-order valence-corrected chi connectivity index (χ0v) is 16.5. The molecule has 9 heteroatoms. The van der Waals surface area contributed by atoms with Gasteiger partial charge in [0.25, 0.3) is 0 Å². The molecule has 0 fully saturated rings. The molecular formula is C19H17ClN4O3S. The van der Waals surface area contributed by atoms with Crippen molar-refractivity contribution in [2.75, 3.05) is 5.32 Å². The molecule has 2 aliphatic carbocycles. The predicted molar refractivity (Wildman–Crippen MR) is 105 cm³/mol. The number of halogens is 1. The van der Waals surface area contributed by atoms with Crippen LogP contribution in [0.25, 0.3) is 0 Å². The number of aryl methyl sites for hydroxylation is 2. The second kappa shape index (κ2) is 6.28. The van der Waals surface area contributed by atoms with Crippen molar-refractivity contribution < 1.29 is 13.8 Å². The summed E-state index contributed by atoms with van der Waals surface area (Å²) in [4.78, 5) is 28.7. The fourth-order valence-corrected chi connectivity index (χ4v) is 5.99.